The highest BCUT2D eigenvalue weighted by Crippen LogP contribution is 2.26. The van der Waals surface area contributed by atoms with Gasteiger partial charge in [-0.15, -0.1) is 0 Å². The molecule has 1 heterocycles. The number of anilines is 2. The highest BCUT2D eigenvalue weighted by molar-refractivity contribution is 7.89. The van der Waals surface area contributed by atoms with Crippen molar-refractivity contribution in [3.63, 3.8) is 0 Å². The van der Waals surface area contributed by atoms with E-state index in [0.717, 1.165) is 18.9 Å². The van der Waals surface area contributed by atoms with Gasteiger partial charge in [0.2, 0.25) is 10.0 Å². The number of ether oxygens (including phenoxy) is 1. The molecule has 8 nitrogen and oxygen atoms in total. The van der Waals surface area contributed by atoms with Crippen molar-refractivity contribution in [3.8, 4) is 5.75 Å². The molecule has 0 aliphatic rings. The zero-order chi connectivity index (χ0) is 22.5. The van der Waals surface area contributed by atoms with Gasteiger partial charge in [-0.25, -0.2) is 18.1 Å². The second kappa shape index (κ2) is 9.44. The second-order valence-corrected chi connectivity index (χ2v) is 9.40. The highest BCUT2D eigenvalue weighted by atomic mass is 32.2. The summed E-state index contributed by atoms with van der Waals surface area (Å²) in [7, 11) is -2.50. The Balaban J connectivity index is 2.28. The van der Waals surface area contributed by atoms with Crippen molar-refractivity contribution in [1.29, 1.82) is 0 Å². The topological polar surface area (TPSA) is 101 Å². The van der Waals surface area contributed by atoms with Crippen LogP contribution in [-0.4, -0.2) is 45.0 Å². The zero-order valence-electron chi connectivity index (χ0n) is 18.3. The lowest BCUT2D eigenvalue weighted by atomic mass is 10.1. The molecule has 0 aliphatic heterocycles. The van der Waals surface area contributed by atoms with E-state index in [1.165, 1.54) is 25.3 Å². The summed E-state index contributed by atoms with van der Waals surface area (Å²) in [4.78, 5) is 19.1. The molecule has 0 spiro atoms. The lowest BCUT2D eigenvalue weighted by Crippen LogP contribution is -2.40. The van der Waals surface area contributed by atoms with Crippen LogP contribution in [0.5, 0.6) is 5.75 Å². The van der Waals surface area contributed by atoms with Crippen molar-refractivity contribution in [1.82, 2.24) is 9.71 Å². The van der Waals surface area contributed by atoms with Crippen LogP contribution >= 0.6 is 0 Å². The van der Waals surface area contributed by atoms with Crippen molar-refractivity contribution in [2.75, 3.05) is 30.4 Å². The van der Waals surface area contributed by atoms with Crippen LogP contribution in [0.15, 0.2) is 41.4 Å². The molecule has 0 saturated carbocycles. The number of nitrogens with one attached hydrogen (secondary N) is 2. The third-order valence-electron chi connectivity index (χ3n) is 4.25. The molecule has 0 atom stereocenters. The number of aromatic nitrogens is 1. The van der Waals surface area contributed by atoms with E-state index in [-0.39, 0.29) is 16.2 Å². The summed E-state index contributed by atoms with van der Waals surface area (Å²) in [5, 5.41) is 2.75. The van der Waals surface area contributed by atoms with Crippen LogP contribution in [0.2, 0.25) is 0 Å². The number of pyridine rings is 1. The minimum Gasteiger partial charge on any atom is -0.495 e. The van der Waals surface area contributed by atoms with Gasteiger partial charge in [0.05, 0.1) is 19.0 Å². The van der Waals surface area contributed by atoms with E-state index in [2.05, 4.69) is 19.9 Å². The van der Waals surface area contributed by atoms with Crippen molar-refractivity contribution in [2.24, 2.45) is 0 Å². The van der Waals surface area contributed by atoms with Gasteiger partial charge in [-0.1, -0.05) is 0 Å². The average molecular weight is 435 g/mol. The van der Waals surface area contributed by atoms with Gasteiger partial charge >= 0.3 is 0 Å². The second-order valence-electron chi connectivity index (χ2n) is 7.75. The molecule has 1 aromatic heterocycles. The van der Waals surface area contributed by atoms with E-state index < -0.39 is 21.5 Å². The van der Waals surface area contributed by atoms with E-state index >= 15 is 0 Å². The normalized spacial score (nSPS) is 11.8. The van der Waals surface area contributed by atoms with E-state index in [0.29, 0.717) is 5.69 Å². The maximum atomic E-state index is 12.8. The first-order chi connectivity index (χ1) is 14.0. The van der Waals surface area contributed by atoms with E-state index in [9.17, 15) is 13.2 Å². The Morgan fingerprint density at radius 2 is 1.80 bits per heavy atom. The fraction of sp³-hybridized carbons (Fsp3) is 0.429. The fourth-order valence-corrected chi connectivity index (χ4v) is 4.50. The Morgan fingerprint density at radius 1 is 1.13 bits per heavy atom. The molecular formula is C21H30N4O4S. The van der Waals surface area contributed by atoms with Crippen molar-refractivity contribution < 1.29 is 17.9 Å². The number of nitrogens with zero attached hydrogens (tertiary/aromatic N) is 2. The number of benzene rings is 1. The van der Waals surface area contributed by atoms with Gasteiger partial charge < -0.3 is 15.0 Å². The summed E-state index contributed by atoms with van der Waals surface area (Å²) in [5.41, 5.74) is 0.0299. The Bertz CT molecular complexity index is 979. The Hall–Kier alpha value is -2.65. The molecule has 2 aromatic rings. The van der Waals surface area contributed by atoms with Gasteiger partial charge in [-0.2, -0.15) is 0 Å². The van der Waals surface area contributed by atoms with Gasteiger partial charge in [0.25, 0.3) is 5.91 Å². The van der Waals surface area contributed by atoms with Crippen molar-refractivity contribution in [3.05, 3.63) is 42.1 Å². The summed E-state index contributed by atoms with van der Waals surface area (Å²) >= 11 is 0. The maximum Gasteiger partial charge on any atom is 0.255 e. The van der Waals surface area contributed by atoms with Crippen LogP contribution in [-0.2, 0) is 10.0 Å². The summed E-state index contributed by atoms with van der Waals surface area (Å²) in [6.07, 6.45) is 1.58. The fourth-order valence-electron chi connectivity index (χ4n) is 2.88. The third kappa shape index (κ3) is 5.93. The molecule has 0 bridgehead atoms. The molecular weight excluding hydrogens is 404 g/mol. The van der Waals surface area contributed by atoms with Crippen LogP contribution < -0.4 is 19.7 Å². The van der Waals surface area contributed by atoms with Crippen molar-refractivity contribution in [2.45, 2.75) is 45.1 Å². The van der Waals surface area contributed by atoms with Gasteiger partial charge in [0, 0.05) is 24.2 Å². The van der Waals surface area contributed by atoms with E-state index in [4.69, 9.17) is 4.74 Å². The quantitative estimate of drug-likeness (QED) is 0.661. The molecule has 2 N–H and O–H groups in total. The number of rotatable bonds is 8. The van der Waals surface area contributed by atoms with Crippen LogP contribution in [0.4, 0.5) is 11.5 Å². The molecule has 1 aromatic carbocycles. The Kier molecular flexibility index (Phi) is 7.44. The molecule has 30 heavy (non-hydrogen) atoms. The van der Waals surface area contributed by atoms with Crippen LogP contribution in [0.1, 0.15) is 45.0 Å². The van der Waals surface area contributed by atoms with Gasteiger partial charge in [0.1, 0.15) is 16.5 Å². The Morgan fingerprint density at radius 3 is 2.30 bits per heavy atom. The maximum absolute atomic E-state index is 12.8. The smallest absolute Gasteiger partial charge is 0.255 e. The number of hydrogen-bond acceptors (Lipinski definition) is 6. The van der Waals surface area contributed by atoms with E-state index in [1.54, 1.807) is 33.0 Å². The van der Waals surface area contributed by atoms with Gasteiger partial charge in [0.15, 0.2) is 0 Å². The standard InChI is InChI=1S/C21H30N4O4S/c1-7-25(8-2)19-12-10-16(14-22-19)23-20(26)15-9-11-17(29-6)18(13-15)30(27,28)24-21(3,4)5/h9-14,24H,7-8H2,1-6H3,(H,23,26). The molecule has 9 heteroatoms. The number of amides is 1. The monoisotopic (exact) mass is 434 g/mol. The summed E-state index contributed by atoms with van der Waals surface area (Å²) in [6.45, 7) is 11.0. The minimum absolute atomic E-state index is 0.0948. The Labute approximate surface area is 178 Å². The molecule has 0 unspecified atom stereocenters. The average Bonchev–Trinajstić information content (AvgIpc) is 2.67. The predicted octanol–water partition coefficient (Wildman–Crippen LogP) is 3.27. The van der Waals surface area contributed by atoms with E-state index in [1.807, 2.05) is 19.9 Å². The number of hydrogen-bond donors (Lipinski definition) is 2. The highest BCUT2D eigenvalue weighted by Gasteiger charge is 2.26. The number of carbonyl (C=O) groups excluding carboxylic acids is 1. The largest absolute Gasteiger partial charge is 0.495 e. The number of sulfonamides is 1. The molecule has 0 radical (unpaired) electrons. The summed E-state index contributed by atoms with van der Waals surface area (Å²) in [6, 6.07) is 7.89. The minimum atomic E-state index is -3.88. The molecule has 1 amide bonds. The summed E-state index contributed by atoms with van der Waals surface area (Å²) in [5.74, 6) is 0.542. The lowest BCUT2D eigenvalue weighted by molar-refractivity contribution is 0.102. The summed E-state index contributed by atoms with van der Waals surface area (Å²) < 4.78 is 33.3. The molecule has 0 fully saturated rings. The van der Waals surface area contributed by atoms with Gasteiger partial charge in [-0.05, 0) is 65.0 Å². The predicted molar refractivity (Wildman–Crippen MR) is 119 cm³/mol. The van der Waals surface area contributed by atoms with Crippen LogP contribution in [0.25, 0.3) is 0 Å². The third-order valence-corrected chi connectivity index (χ3v) is 6.03. The van der Waals surface area contributed by atoms with Crippen LogP contribution in [0.3, 0.4) is 0 Å². The molecule has 164 valence electrons. The molecule has 0 saturated heterocycles. The first-order valence-corrected chi connectivity index (χ1v) is 11.2. The van der Waals surface area contributed by atoms with Gasteiger partial charge in [-0.3, -0.25) is 4.79 Å². The van der Waals surface area contributed by atoms with Crippen molar-refractivity contribution >= 4 is 27.4 Å². The van der Waals surface area contributed by atoms with Crippen LogP contribution in [0, 0.1) is 0 Å². The molecule has 0 aliphatic carbocycles. The first kappa shape index (κ1) is 23.6. The lowest BCUT2D eigenvalue weighted by Gasteiger charge is -2.21. The number of methoxy groups -OCH3 is 1. The SMILES string of the molecule is CCN(CC)c1ccc(NC(=O)c2ccc(OC)c(S(=O)(=O)NC(C)(C)C)c2)cn1. The first-order valence-electron chi connectivity index (χ1n) is 9.75. The zero-order valence-corrected chi connectivity index (χ0v) is 19.1. The number of carbonyl (C=O) groups is 1. The molecule has 2 rings (SSSR count).